The van der Waals surface area contributed by atoms with Crippen LogP contribution in [-0.4, -0.2) is 72.2 Å². The second-order valence-corrected chi connectivity index (χ2v) is 8.59. The first kappa shape index (κ1) is 20.9. The number of urea groups is 1. The number of piperidine rings is 1. The zero-order valence-electron chi connectivity index (χ0n) is 18.2. The van der Waals surface area contributed by atoms with Crippen molar-refractivity contribution in [1.29, 1.82) is 0 Å². The van der Waals surface area contributed by atoms with E-state index in [0.717, 1.165) is 26.1 Å². The Balaban J connectivity index is 1.37. The molecule has 0 bridgehead atoms. The quantitative estimate of drug-likeness (QED) is 0.799. The lowest BCUT2D eigenvalue weighted by molar-refractivity contribution is -0.0214. The summed E-state index contributed by atoms with van der Waals surface area (Å²) in [5.41, 5.74) is 1.52. The third-order valence-electron chi connectivity index (χ3n) is 6.45. The van der Waals surface area contributed by atoms with Crippen LogP contribution in [0.1, 0.15) is 36.0 Å². The highest BCUT2D eigenvalue weighted by molar-refractivity contribution is 6.16. The molecule has 0 aliphatic carbocycles. The first-order valence-electron chi connectivity index (χ1n) is 11.5. The van der Waals surface area contributed by atoms with Gasteiger partial charge in [-0.1, -0.05) is 18.6 Å². The van der Waals surface area contributed by atoms with Crippen LogP contribution in [0.15, 0.2) is 42.6 Å². The van der Waals surface area contributed by atoms with Crippen molar-refractivity contribution in [3.63, 3.8) is 0 Å². The van der Waals surface area contributed by atoms with Gasteiger partial charge in [-0.25, -0.2) is 14.7 Å². The maximum absolute atomic E-state index is 13.8. The van der Waals surface area contributed by atoms with E-state index in [1.807, 2.05) is 11.0 Å². The van der Waals surface area contributed by atoms with Gasteiger partial charge in [-0.05, 0) is 56.6 Å². The fourth-order valence-corrected chi connectivity index (χ4v) is 4.75. The van der Waals surface area contributed by atoms with E-state index in [0.29, 0.717) is 42.5 Å². The molecule has 0 saturated carbocycles. The van der Waals surface area contributed by atoms with E-state index in [2.05, 4.69) is 15.2 Å². The summed E-state index contributed by atoms with van der Waals surface area (Å²) < 4.78 is 6.00. The van der Waals surface area contributed by atoms with Crippen LogP contribution in [-0.2, 0) is 4.74 Å². The highest BCUT2D eigenvalue weighted by Crippen LogP contribution is 2.37. The number of likely N-dealkylation sites (tertiary alicyclic amines) is 1. The number of pyridine rings is 1. The van der Waals surface area contributed by atoms with Crippen LogP contribution in [0.4, 0.5) is 22.0 Å². The van der Waals surface area contributed by atoms with Gasteiger partial charge in [-0.2, -0.15) is 0 Å². The van der Waals surface area contributed by atoms with Gasteiger partial charge in [-0.3, -0.25) is 4.79 Å². The standard InChI is InChI=1S/C24H29N5O3/c30-23-19-7-2-3-9-21(19)29(22-20(26-23)8-6-11-25-22)24(31)28-15-16-32-18(17-28)10-14-27-12-4-1-5-13-27/h2-3,6-9,11,18H,1,4-5,10,12-17H2,(H,26,30). The number of fused-ring (bicyclic) bond motifs is 2. The van der Waals surface area contributed by atoms with Crippen molar-refractivity contribution in [3.05, 3.63) is 48.2 Å². The second kappa shape index (κ2) is 9.26. The Hall–Kier alpha value is -2.97. The number of benzene rings is 1. The summed E-state index contributed by atoms with van der Waals surface area (Å²) in [6.45, 7) is 4.88. The average molecular weight is 436 g/mol. The number of ether oxygens (including phenoxy) is 1. The van der Waals surface area contributed by atoms with Crippen molar-refractivity contribution in [3.8, 4) is 0 Å². The number of amides is 3. The summed E-state index contributed by atoms with van der Waals surface area (Å²) >= 11 is 0. The molecule has 8 heteroatoms. The molecule has 1 N–H and O–H groups in total. The molecule has 2 fully saturated rings. The van der Waals surface area contributed by atoms with Gasteiger partial charge in [0, 0.05) is 25.8 Å². The Kier molecular flexibility index (Phi) is 6.05. The Morgan fingerprint density at radius 1 is 1.09 bits per heavy atom. The minimum Gasteiger partial charge on any atom is -0.374 e. The summed E-state index contributed by atoms with van der Waals surface area (Å²) in [6.07, 6.45) is 6.42. The smallest absolute Gasteiger partial charge is 0.330 e. The summed E-state index contributed by atoms with van der Waals surface area (Å²) in [4.78, 5) is 36.9. The number of para-hydroxylation sites is 1. The van der Waals surface area contributed by atoms with Crippen LogP contribution in [0, 0.1) is 0 Å². The number of hydrogen-bond acceptors (Lipinski definition) is 5. The molecule has 8 nitrogen and oxygen atoms in total. The van der Waals surface area contributed by atoms with E-state index in [-0.39, 0.29) is 18.0 Å². The van der Waals surface area contributed by atoms with Crippen molar-refractivity contribution in [2.45, 2.75) is 31.8 Å². The largest absolute Gasteiger partial charge is 0.374 e. The maximum atomic E-state index is 13.8. The molecule has 1 unspecified atom stereocenters. The van der Waals surface area contributed by atoms with Gasteiger partial charge in [0.15, 0.2) is 5.82 Å². The van der Waals surface area contributed by atoms with Crippen molar-refractivity contribution in [1.82, 2.24) is 14.8 Å². The lowest BCUT2D eigenvalue weighted by Crippen LogP contribution is -2.51. The number of aromatic nitrogens is 1. The molecule has 3 aliphatic heterocycles. The Bertz CT molecular complexity index is 991. The number of nitrogens with zero attached hydrogens (tertiary/aromatic N) is 4. The summed E-state index contributed by atoms with van der Waals surface area (Å²) in [7, 11) is 0. The van der Waals surface area contributed by atoms with Crippen LogP contribution < -0.4 is 10.2 Å². The van der Waals surface area contributed by atoms with Gasteiger partial charge < -0.3 is 19.9 Å². The third-order valence-corrected chi connectivity index (χ3v) is 6.45. The number of anilines is 3. The fourth-order valence-electron chi connectivity index (χ4n) is 4.75. The zero-order chi connectivity index (χ0) is 21.9. The molecular formula is C24H29N5O3. The zero-order valence-corrected chi connectivity index (χ0v) is 18.2. The maximum Gasteiger partial charge on any atom is 0.330 e. The van der Waals surface area contributed by atoms with E-state index in [4.69, 9.17) is 4.74 Å². The number of rotatable bonds is 3. The van der Waals surface area contributed by atoms with Gasteiger partial charge in [0.2, 0.25) is 0 Å². The molecular weight excluding hydrogens is 406 g/mol. The number of carbonyl (C=O) groups excluding carboxylic acids is 2. The first-order valence-corrected chi connectivity index (χ1v) is 11.5. The molecule has 2 aromatic rings. The average Bonchev–Trinajstić information content (AvgIpc) is 2.97. The van der Waals surface area contributed by atoms with Crippen molar-refractivity contribution < 1.29 is 14.3 Å². The van der Waals surface area contributed by atoms with E-state index >= 15 is 0 Å². The fraction of sp³-hybridized carbons (Fsp3) is 0.458. The van der Waals surface area contributed by atoms with Crippen LogP contribution in [0.2, 0.25) is 0 Å². The van der Waals surface area contributed by atoms with Crippen molar-refractivity contribution in [2.24, 2.45) is 0 Å². The molecule has 3 amide bonds. The predicted octanol–water partition coefficient (Wildman–Crippen LogP) is 3.48. The van der Waals surface area contributed by atoms with E-state index < -0.39 is 0 Å². The third kappa shape index (κ3) is 4.20. The minimum absolute atomic E-state index is 0.0137. The molecule has 1 aromatic heterocycles. The minimum atomic E-state index is -0.244. The van der Waals surface area contributed by atoms with Gasteiger partial charge in [0.25, 0.3) is 5.91 Å². The van der Waals surface area contributed by atoms with Crippen molar-refractivity contribution in [2.75, 3.05) is 49.5 Å². The summed E-state index contributed by atoms with van der Waals surface area (Å²) in [6, 6.07) is 10.5. The van der Waals surface area contributed by atoms with Crippen LogP contribution >= 0.6 is 0 Å². The monoisotopic (exact) mass is 435 g/mol. The highest BCUT2D eigenvalue weighted by atomic mass is 16.5. The lowest BCUT2D eigenvalue weighted by atomic mass is 10.1. The Morgan fingerprint density at radius 2 is 1.94 bits per heavy atom. The van der Waals surface area contributed by atoms with E-state index in [9.17, 15) is 9.59 Å². The van der Waals surface area contributed by atoms with Gasteiger partial charge in [0.1, 0.15) is 0 Å². The van der Waals surface area contributed by atoms with Gasteiger partial charge >= 0.3 is 6.03 Å². The molecule has 0 radical (unpaired) electrons. The number of carbonyl (C=O) groups is 2. The SMILES string of the molecule is O=C1Nc2cccnc2N(C(=O)N2CCOC(CCN3CCCCC3)C2)c2ccccc21. The Labute approximate surface area is 188 Å². The number of nitrogens with one attached hydrogen (secondary N) is 1. The number of hydrogen-bond donors (Lipinski definition) is 1. The van der Waals surface area contributed by atoms with E-state index in [1.165, 1.54) is 19.3 Å². The topological polar surface area (TPSA) is 78.0 Å². The molecule has 168 valence electrons. The van der Waals surface area contributed by atoms with E-state index in [1.54, 1.807) is 41.4 Å². The molecule has 4 heterocycles. The second-order valence-electron chi connectivity index (χ2n) is 8.59. The molecule has 5 rings (SSSR count). The molecule has 32 heavy (non-hydrogen) atoms. The van der Waals surface area contributed by atoms with Crippen LogP contribution in [0.5, 0.6) is 0 Å². The van der Waals surface area contributed by atoms with Crippen LogP contribution in [0.3, 0.4) is 0 Å². The molecule has 2 saturated heterocycles. The lowest BCUT2D eigenvalue weighted by Gasteiger charge is -2.37. The summed E-state index contributed by atoms with van der Waals surface area (Å²) in [5.74, 6) is 0.193. The summed E-state index contributed by atoms with van der Waals surface area (Å²) in [5, 5.41) is 2.89. The number of morpholine rings is 1. The first-order chi connectivity index (χ1) is 15.7. The van der Waals surface area contributed by atoms with Crippen molar-refractivity contribution >= 4 is 29.1 Å². The molecule has 1 aromatic carbocycles. The van der Waals surface area contributed by atoms with Gasteiger partial charge in [0.05, 0.1) is 29.6 Å². The van der Waals surface area contributed by atoms with Crippen LogP contribution in [0.25, 0.3) is 0 Å². The molecule has 3 aliphatic rings. The normalized spacial score (nSPS) is 21.4. The molecule has 1 atom stereocenters. The Morgan fingerprint density at radius 3 is 2.81 bits per heavy atom. The van der Waals surface area contributed by atoms with Gasteiger partial charge in [-0.15, -0.1) is 0 Å². The molecule has 0 spiro atoms. The predicted molar refractivity (Wildman–Crippen MR) is 122 cm³/mol. The highest BCUT2D eigenvalue weighted by Gasteiger charge is 2.35.